The molecule has 4 nitrogen and oxygen atoms in total. The first kappa shape index (κ1) is 16.0. The van der Waals surface area contributed by atoms with E-state index in [1.165, 1.54) is 7.11 Å². The molecule has 0 heterocycles. The summed E-state index contributed by atoms with van der Waals surface area (Å²) < 4.78 is 10.5. The minimum absolute atomic E-state index is 0.410. The Morgan fingerprint density at radius 3 is 2.55 bits per heavy atom. The molecule has 0 radical (unpaired) electrons. The number of hydrogen-bond acceptors (Lipinski definition) is 4. The Morgan fingerprint density at radius 1 is 1.14 bits per heavy atom. The van der Waals surface area contributed by atoms with Gasteiger partial charge < -0.3 is 15.2 Å². The zero-order valence-corrected chi connectivity index (χ0v) is 12.9. The Kier molecular flexibility index (Phi) is 5.55. The van der Waals surface area contributed by atoms with Gasteiger partial charge in [0.25, 0.3) is 0 Å². The smallest absolute Gasteiger partial charge is 0.322 e. The molecule has 2 rings (SSSR count). The summed E-state index contributed by atoms with van der Waals surface area (Å²) in [5, 5.41) is 0. The van der Waals surface area contributed by atoms with Gasteiger partial charge in [-0.05, 0) is 36.1 Å². The maximum absolute atomic E-state index is 11.4. The zero-order chi connectivity index (χ0) is 15.9. The third kappa shape index (κ3) is 4.33. The van der Waals surface area contributed by atoms with Gasteiger partial charge in [0.2, 0.25) is 0 Å². The van der Waals surface area contributed by atoms with E-state index in [9.17, 15) is 4.79 Å². The summed E-state index contributed by atoms with van der Waals surface area (Å²) in [6.07, 6.45) is 0.425. The zero-order valence-electron chi connectivity index (χ0n) is 12.9. The first-order valence-electron chi connectivity index (χ1n) is 7.20. The van der Waals surface area contributed by atoms with Crippen LogP contribution in [0.15, 0.2) is 48.5 Å². The SMILES string of the molecule is COC(=O)C(N)Cc1ccc(C)c(OCc2ccccc2)c1. The van der Waals surface area contributed by atoms with E-state index >= 15 is 0 Å². The Bertz CT molecular complexity index is 625. The van der Waals surface area contributed by atoms with Crippen LogP contribution in [0, 0.1) is 6.92 Å². The molecule has 0 saturated carbocycles. The molecule has 1 unspecified atom stereocenters. The molecular weight excluding hydrogens is 278 g/mol. The summed E-state index contributed by atoms with van der Waals surface area (Å²) in [7, 11) is 1.34. The largest absolute Gasteiger partial charge is 0.489 e. The molecule has 0 aromatic heterocycles. The minimum atomic E-state index is -0.658. The van der Waals surface area contributed by atoms with Crippen LogP contribution >= 0.6 is 0 Å². The minimum Gasteiger partial charge on any atom is -0.489 e. The number of rotatable bonds is 6. The highest BCUT2D eigenvalue weighted by atomic mass is 16.5. The molecule has 0 fully saturated rings. The number of hydrogen-bond donors (Lipinski definition) is 1. The van der Waals surface area contributed by atoms with E-state index in [2.05, 4.69) is 4.74 Å². The summed E-state index contributed by atoms with van der Waals surface area (Å²) in [6, 6.07) is 15.2. The van der Waals surface area contributed by atoms with E-state index in [0.717, 1.165) is 22.4 Å². The third-order valence-electron chi connectivity index (χ3n) is 3.45. The molecular formula is C18H21NO3. The summed E-state index contributed by atoms with van der Waals surface area (Å²) >= 11 is 0. The average molecular weight is 299 g/mol. The maximum atomic E-state index is 11.4. The van der Waals surface area contributed by atoms with Crippen molar-refractivity contribution in [1.82, 2.24) is 0 Å². The van der Waals surface area contributed by atoms with Crippen molar-refractivity contribution in [3.63, 3.8) is 0 Å². The van der Waals surface area contributed by atoms with Crippen molar-refractivity contribution in [2.45, 2.75) is 26.0 Å². The Hall–Kier alpha value is -2.33. The monoisotopic (exact) mass is 299 g/mol. The van der Waals surface area contributed by atoms with E-state index in [0.29, 0.717) is 13.0 Å². The Labute approximate surface area is 130 Å². The summed E-state index contributed by atoms with van der Waals surface area (Å²) in [5.74, 6) is 0.394. The van der Waals surface area contributed by atoms with Crippen LogP contribution in [0.2, 0.25) is 0 Å². The lowest BCUT2D eigenvalue weighted by Crippen LogP contribution is -2.33. The second kappa shape index (κ2) is 7.61. The van der Waals surface area contributed by atoms with Gasteiger partial charge in [0.15, 0.2) is 0 Å². The van der Waals surface area contributed by atoms with Gasteiger partial charge in [0.05, 0.1) is 7.11 Å². The molecule has 0 aliphatic rings. The van der Waals surface area contributed by atoms with Crippen molar-refractivity contribution in [1.29, 1.82) is 0 Å². The number of ether oxygens (including phenoxy) is 2. The van der Waals surface area contributed by atoms with Crippen LogP contribution in [0.3, 0.4) is 0 Å². The molecule has 22 heavy (non-hydrogen) atoms. The normalized spacial score (nSPS) is 11.8. The molecule has 0 aliphatic carbocycles. The second-order valence-electron chi connectivity index (χ2n) is 5.21. The molecule has 1 atom stereocenters. The number of carbonyl (C=O) groups excluding carboxylic acids is 1. The van der Waals surface area contributed by atoms with Crippen molar-refractivity contribution in [3.8, 4) is 5.75 Å². The van der Waals surface area contributed by atoms with Crippen molar-refractivity contribution in [2.75, 3.05) is 7.11 Å². The number of aryl methyl sites for hydroxylation is 1. The fourth-order valence-corrected chi connectivity index (χ4v) is 2.15. The summed E-state index contributed by atoms with van der Waals surface area (Å²) in [6.45, 7) is 2.50. The molecule has 116 valence electrons. The highest BCUT2D eigenvalue weighted by Gasteiger charge is 2.15. The lowest BCUT2D eigenvalue weighted by Gasteiger charge is -2.13. The first-order chi connectivity index (χ1) is 10.6. The molecule has 2 aromatic carbocycles. The average Bonchev–Trinajstić information content (AvgIpc) is 2.55. The summed E-state index contributed by atoms with van der Waals surface area (Å²) in [5.41, 5.74) is 8.91. The van der Waals surface area contributed by atoms with Gasteiger partial charge in [-0.15, -0.1) is 0 Å². The highest BCUT2D eigenvalue weighted by molar-refractivity contribution is 5.75. The van der Waals surface area contributed by atoms with Gasteiger partial charge in [-0.25, -0.2) is 0 Å². The number of nitrogens with two attached hydrogens (primary N) is 1. The number of esters is 1. The molecule has 0 spiro atoms. The molecule has 4 heteroatoms. The van der Waals surface area contributed by atoms with Crippen LogP contribution in [0.25, 0.3) is 0 Å². The Morgan fingerprint density at radius 2 is 1.86 bits per heavy atom. The first-order valence-corrected chi connectivity index (χ1v) is 7.20. The molecule has 0 amide bonds. The predicted octanol–water partition coefficient (Wildman–Crippen LogP) is 2.62. The van der Waals surface area contributed by atoms with E-state index in [4.69, 9.17) is 10.5 Å². The highest BCUT2D eigenvalue weighted by Crippen LogP contribution is 2.21. The Balaban J connectivity index is 2.05. The second-order valence-corrected chi connectivity index (χ2v) is 5.21. The molecule has 2 aromatic rings. The van der Waals surface area contributed by atoms with E-state index in [-0.39, 0.29) is 0 Å². The van der Waals surface area contributed by atoms with Gasteiger partial charge in [-0.1, -0.05) is 42.5 Å². The number of carbonyl (C=O) groups is 1. The van der Waals surface area contributed by atoms with E-state index < -0.39 is 12.0 Å². The lowest BCUT2D eigenvalue weighted by molar-refractivity contribution is -0.142. The lowest BCUT2D eigenvalue weighted by atomic mass is 10.0. The fourth-order valence-electron chi connectivity index (χ4n) is 2.15. The topological polar surface area (TPSA) is 61.5 Å². The van der Waals surface area contributed by atoms with Crippen LogP contribution in [0.4, 0.5) is 0 Å². The van der Waals surface area contributed by atoms with Crippen LogP contribution < -0.4 is 10.5 Å². The number of benzene rings is 2. The molecule has 0 saturated heterocycles. The molecule has 0 aliphatic heterocycles. The van der Waals surface area contributed by atoms with Gasteiger partial charge in [0, 0.05) is 0 Å². The van der Waals surface area contributed by atoms with Gasteiger partial charge in [-0.2, -0.15) is 0 Å². The van der Waals surface area contributed by atoms with Gasteiger partial charge in [-0.3, -0.25) is 4.79 Å². The predicted molar refractivity (Wildman–Crippen MR) is 85.6 cm³/mol. The summed E-state index contributed by atoms with van der Waals surface area (Å²) in [4.78, 5) is 11.4. The number of methoxy groups -OCH3 is 1. The van der Waals surface area contributed by atoms with Crippen LogP contribution in [0.1, 0.15) is 16.7 Å². The van der Waals surface area contributed by atoms with E-state index in [1.807, 2.05) is 55.5 Å². The molecule has 2 N–H and O–H groups in total. The third-order valence-corrected chi connectivity index (χ3v) is 3.45. The van der Waals surface area contributed by atoms with Crippen LogP contribution in [-0.4, -0.2) is 19.1 Å². The van der Waals surface area contributed by atoms with E-state index in [1.54, 1.807) is 0 Å². The van der Waals surface area contributed by atoms with Crippen molar-refractivity contribution >= 4 is 5.97 Å². The fraction of sp³-hybridized carbons (Fsp3) is 0.278. The maximum Gasteiger partial charge on any atom is 0.322 e. The van der Waals surface area contributed by atoms with Gasteiger partial charge >= 0.3 is 5.97 Å². The van der Waals surface area contributed by atoms with Crippen molar-refractivity contribution in [3.05, 3.63) is 65.2 Å². The van der Waals surface area contributed by atoms with Crippen molar-refractivity contribution < 1.29 is 14.3 Å². The standard InChI is InChI=1S/C18H21NO3/c1-13-8-9-15(10-16(19)18(20)21-2)11-17(13)22-12-14-6-4-3-5-7-14/h3-9,11,16H,10,12,19H2,1-2H3. The quantitative estimate of drug-likeness (QED) is 0.833. The van der Waals surface area contributed by atoms with Crippen LogP contribution in [0.5, 0.6) is 5.75 Å². The van der Waals surface area contributed by atoms with Gasteiger partial charge in [0.1, 0.15) is 18.4 Å². The van der Waals surface area contributed by atoms with Crippen molar-refractivity contribution in [2.24, 2.45) is 5.73 Å². The van der Waals surface area contributed by atoms with Crippen LogP contribution in [-0.2, 0) is 22.6 Å². The molecule has 0 bridgehead atoms.